The van der Waals surface area contributed by atoms with Gasteiger partial charge >= 0.3 is 0 Å². The first-order valence-electron chi connectivity index (χ1n) is 12.8. The van der Waals surface area contributed by atoms with E-state index in [1.807, 2.05) is 12.3 Å². The quantitative estimate of drug-likeness (QED) is 0.450. The fraction of sp³-hybridized carbons (Fsp3) is 0.519. The van der Waals surface area contributed by atoms with Gasteiger partial charge in [0.1, 0.15) is 5.82 Å². The summed E-state index contributed by atoms with van der Waals surface area (Å²) in [6.45, 7) is 3.78. The monoisotopic (exact) mass is 513 g/mol. The SMILES string of the molecule is CC(=O)NC=C1CCC(Nc2cc(-c3ccc(F)c(NCC45CCOCC4CC5)n3)c(Cl)cn2)CC1. The largest absolute Gasteiger partial charge is 0.381 e. The Morgan fingerprint density at radius 1 is 1.28 bits per heavy atom. The molecule has 2 atom stereocenters. The van der Waals surface area contributed by atoms with Gasteiger partial charge in [-0.2, -0.15) is 0 Å². The number of amides is 1. The van der Waals surface area contributed by atoms with Crippen molar-refractivity contribution in [3.8, 4) is 11.3 Å². The van der Waals surface area contributed by atoms with Crippen molar-refractivity contribution in [3.63, 3.8) is 0 Å². The van der Waals surface area contributed by atoms with Crippen LogP contribution in [0.5, 0.6) is 0 Å². The van der Waals surface area contributed by atoms with Crippen LogP contribution in [0, 0.1) is 17.2 Å². The summed E-state index contributed by atoms with van der Waals surface area (Å²) >= 11 is 6.49. The zero-order valence-electron chi connectivity index (χ0n) is 20.6. The van der Waals surface area contributed by atoms with Gasteiger partial charge in [-0.25, -0.2) is 14.4 Å². The molecule has 3 aliphatic rings. The highest BCUT2D eigenvalue weighted by Crippen LogP contribution is 2.51. The van der Waals surface area contributed by atoms with Crippen LogP contribution in [0.2, 0.25) is 5.02 Å². The van der Waals surface area contributed by atoms with Crippen LogP contribution < -0.4 is 16.0 Å². The maximum atomic E-state index is 14.7. The minimum Gasteiger partial charge on any atom is -0.381 e. The summed E-state index contributed by atoms with van der Waals surface area (Å²) in [6.07, 6.45) is 10.5. The number of hydrogen-bond acceptors (Lipinski definition) is 6. The minimum atomic E-state index is -0.369. The van der Waals surface area contributed by atoms with E-state index in [2.05, 4.69) is 25.9 Å². The van der Waals surface area contributed by atoms with Crippen LogP contribution in [0.1, 0.15) is 51.9 Å². The third kappa shape index (κ3) is 5.49. The summed E-state index contributed by atoms with van der Waals surface area (Å²) in [5, 5.41) is 10.0. The molecule has 3 N–H and O–H groups in total. The molecule has 2 saturated carbocycles. The van der Waals surface area contributed by atoms with Gasteiger partial charge in [0.25, 0.3) is 0 Å². The average molecular weight is 514 g/mol. The van der Waals surface area contributed by atoms with E-state index in [-0.39, 0.29) is 29.0 Å². The van der Waals surface area contributed by atoms with E-state index in [1.54, 1.807) is 12.3 Å². The molecule has 0 spiro atoms. The van der Waals surface area contributed by atoms with E-state index in [1.165, 1.54) is 25.0 Å². The van der Waals surface area contributed by atoms with Crippen molar-refractivity contribution in [1.82, 2.24) is 15.3 Å². The molecule has 1 aliphatic heterocycles. The van der Waals surface area contributed by atoms with Crippen LogP contribution >= 0.6 is 11.6 Å². The van der Waals surface area contributed by atoms with Crippen LogP contribution in [0.15, 0.2) is 36.2 Å². The van der Waals surface area contributed by atoms with Crippen LogP contribution in [0.25, 0.3) is 11.3 Å². The second kappa shape index (κ2) is 10.7. The van der Waals surface area contributed by atoms with Gasteiger partial charge in [-0.3, -0.25) is 4.79 Å². The Morgan fingerprint density at radius 2 is 2.11 bits per heavy atom. The lowest BCUT2D eigenvalue weighted by Gasteiger charge is -2.52. The molecule has 3 heterocycles. The summed E-state index contributed by atoms with van der Waals surface area (Å²) in [5.74, 6) is 1.10. The Labute approximate surface area is 216 Å². The predicted octanol–water partition coefficient (Wildman–Crippen LogP) is 5.54. The van der Waals surface area contributed by atoms with Gasteiger partial charge in [-0.1, -0.05) is 17.2 Å². The number of anilines is 2. The first-order valence-corrected chi connectivity index (χ1v) is 13.2. The molecule has 9 heteroatoms. The van der Waals surface area contributed by atoms with Gasteiger partial charge < -0.3 is 20.7 Å². The van der Waals surface area contributed by atoms with E-state index in [4.69, 9.17) is 16.3 Å². The summed E-state index contributed by atoms with van der Waals surface area (Å²) in [6, 6.07) is 5.25. The standard InChI is InChI=1S/C27H33ClFN5O2/c1-17(35)30-13-18-2-4-20(5-3-18)33-25-12-21(22(28)14-31-25)24-7-6-23(29)26(34-24)32-16-27-9-8-19(27)15-36-11-10-27/h6-7,12-14,19-20H,2-5,8-11,15-16H2,1H3,(H,30,35)(H,31,33)(H,32,34). The number of hydrogen-bond donors (Lipinski definition) is 3. The molecule has 36 heavy (non-hydrogen) atoms. The Hall–Kier alpha value is -2.71. The maximum Gasteiger partial charge on any atom is 0.220 e. The summed E-state index contributed by atoms with van der Waals surface area (Å²) in [4.78, 5) is 20.2. The fourth-order valence-electron chi connectivity index (χ4n) is 5.55. The van der Waals surface area contributed by atoms with Crippen molar-refractivity contribution in [3.05, 3.63) is 47.0 Å². The molecule has 2 aromatic rings. The van der Waals surface area contributed by atoms with Gasteiger partial charge in [-0.05, 0) is 74.5 Å². The number of halogens is 2. The topological polar surface area (TPSA) is 88.2 Å². The molecule has 2 aliphatic carbocycles. The maximum absolute atomic E-state index is 14.7. The van der Waals surface area contributed by atoms with Gasteiger partial charge in [0.2, 0.25) is 5.91 Å². The highest BCUT2D eigenvalue weighted by Gasteiger charge is 2.48. The second-order valence-electron chi connectivity index (χ2n) is 10.3. The zero-order chi connectivity index (χ0) is 25.1. The van der Waals surface area contributed by atoms with Crippen molar-refractivity contribution in [2.45, 2.75) is 57.9 Å². The van der Waals surface area contributed by atoms with E-state index < -0.39 is 0 Å². The Kier molecular flexibility index (Phi) is 7.44. The molecule has 0 radical (unpaired) electrons. The molecule has 3 fully saturated rings. The van der Waals surface area contributed by atoms with Crippen molar-refractivity contribution < 1.29 is 13.9 Å². The molecule has 1 amide bonds. The molecule has 192 valence electrons. The van der Waals surface area contributed by atoms with Gasteiger partial charge in [0, 0.05) is 50.7 Å². The minimum absolute atomic E-state index is 0.0519. The number of aromatic nitrogens is 2. The molecule has 2 unspecified atom stereocenters. The number of nitrogens with one attached hydrogen (secondary N) is 3. The summed E-state index contributed by atoms with van der Waals surface area (Å²) < 4.78 is 20.3. The summed E-state index contributed by atoms with van der Waals surface area (Å²) in [7, 11) is 0. The van der Waals surface area contributed by atoms with E-state index in [0.717, 1.165) is 51.7 Å². The predicted molar refractivity (Wildman–Crippen MR) is 139 cm³/mol. The average Bonchev–Trinajstić information content (AvgIpc) is 2.86. The smallest absolute Gasteiger partial charge is 0.220 e. The molecule has 7 nitrogen and oxygen atoms in total. The number of nitrogens with zero attached hydrogens (tertiary/aromatic N) is 2. The van der Waals surface area contributed by atoms with Gasteiger partial charge in [0.15, 0.2) is 11.6 Å². The highest BCUT2D eigenvalue weighted by atomic mass is 35.5. The Morgan fingerprint density at radius 3 is 2.83 bits per heavy atom. The van der Waals surface area contributed by atoms with Crippen molar-refractivity contribution >= 4 is 29.1 Å². The number of allylic oxidation sites excluding steroid dienone is 1. The molecule has 5 rings (SSSR count). The molecule has 0 bridgehead atoms. The number of carbonyl (C=O) groups excluding carboxylic acids is 1. The number of pyridine rings is 2. The first kappa shape index (κ1) is 25.0. The Bertz CT molecular complexity index is 1150. The van der Waals surface area contributed by atoms with E-state index >= 15 is 0 Å². The molecule has 1 saturated heterocycles. The lowest BCUT2D eigenvalue weighted by atomic mass is 9.57. The third-order valence-corrected chi connectivity index (χ3v) is 8.27. The Balaban J connectivity index is 1.26. The van der Waals surface area contributed by atoms with Crippen LogP contribution in [0.4, 0.5) is 16.0 Å². The van der Waals surface area contributed by atoms with E-state index in [9.17, 15) is 9.18 Å². The fourth-order valence-corrected chi connectivity index (χ4v) is 5.75. The molecule has 0 aromatic carbocycles. The van der Waals surface area contributed by atoms with Gasteiger partial charge in [0.05, 0.1) is 10.7 Å². The number of ether oxygens (including phenoxy) is 1. The summed E-state index contributed by atoms with van der Waals surface area (Å²) in [5.41, 5.74) is 2.75. The number of carbonyl (C=O) groups is 1. The number of rotatable bonds is 7. The molecular weight excluding hydrogens is 481 g/mol. The van der Waals surface area contributed by atoms with Gasteiger partial charge in [-0.15, -0.1) is 0 Å². The van der Waals surface area contributed by atoms with Crippen LogP contribution in [0.3, 0.4) is 0 Å². The van der Waals surface area contributed by atoms with Crippen LogP contribution in [-0.2, 0) is 9.53 Å². The zero-order valence-corrected chi connectivity index (χ0v) is 21.3. The van der Waals surface area contributed by atoms with Crippen LogP contribution in [-0.4, -0.2) is 41.7 Å². The number of fused-ring (bicyclic) bond motifs is 1. The van der Waals surface area contributed by atoms with Crippen molar-refractivity contribution in [1.29, 1.82) is 0 Å². The molecule has 2 aromatic heterocycles. The van der Waals surface area contributed by atoms with Crippen molar-refractivity contribution in [2.75, 3.05) is 30.4 Å². The molecular formula is C27H33ClFN5O2. The highest BCUT2D eigenvalue weighted by molar-refractivity contribution is 6.33. The first-order chi connectivity index (χ1) is 17.4. The van der Waals surface area contributed by atoms with Crippen molar-refractivity contribution in [2.24, 2.45) is 11.3 Å². The third-order valence-electron chi connectivity index (χ3n) is 7.96. The normalized spacial score (nSPS) is 25.4. The lowest BCUT2D eigenvalue weighted by Crippen LogP contribution is -2.51. The second-order valence-corrected chi connectivity index (χ2v) is 10.7. The lowest BCUT2D eigenvalue weighted by molar-refractivity contribution is -0.118. The van der Waals surface area contributed by atoms with E-state index in [0.29, 0.717) is 34.6 Å².